The molecule has 0 bridgehead atoms. The van der Waals surface area contributed by atoms with E-state index in [1.54, 1.807) is 19.2 Å². The van der Waals surface area contributed by atoms with Gasteiger partial charge in [0, 0.05) is 19.5 Å². The van der Waals surface area contributed by atoms with E-state index in [1.807, 2.05) is 12.1 Å². The van der Waals surface area contributed by atoms with Crippen molar-refractivity contribution in [2.45, 2.75) is 30.9 Å². The number of amidine groups is 1. The molecule has 0 unspecified atom stereocenters. The second kappa shape index (κ2) is 7.70. The van der Waals surface area contributed by atoms with Crippen LogP contribution in [0.1, 0.15) is 25.7 Å². The lowest BCUT2D eigenvalue weighted by molar-refractivity contribution is -0.121. The Morgan fingerprint density at radius 3 is 2.83 bits per heavy atom. The van der Waals surface area contributed by atoms with Crippen molar-refractivity contribution in [1.82, 2.24) is 4.90 Å². The highest BCUT2D eigenvalue weighted by molar-refractivity contribution is 8.15. The lowest BCUT2D eigenvalue weighted by Crippen LogP contribution is -2.33. The van der Waals surface area contributed by atoms with Gasteiger partial charge in [-0.3, -0.25) is 9.59 Å². The normalized spacial score (nSPS) is 20.7. The maximum absolute atomic E-state index is 12.3. The molecule has 1 aromatic rings. The molecule has 0 spiro atoms. The number of piperidine rings is 1. The Balaban J connectivity index is 1.56. The predicted octanol–water partition coefficient (Wildman–Crippen LogP) is 2.51. The first-order valence-corrected chi connectivity index (χ1v) is 9.02. The van der Waals surface area contributed by atoms with E-state index in [4.69, 9.17) is 4.74 Å². The standard InChI is InChI=1S/C17H21N3O3S/c1-23-13-8-4-3-7-12(13)18-15(21)11-14-16(22)19-17(24-14)20-9-5-2-6-10-20/h3-4,7-8,14H,2,5-6,9-11H2,1H3,(H,18,21)/t14-/m0/s1. The molecule has 6 nitrogen and oxygen atoms in total. The molecular formula is C17H21N3O3S. The molecule has 3 rings (SSSR count). The molecule has 1 fully saturated rings. The van der Waals surface area contributed by atoms with E-state index in [0.29, 0.717) is 11.4 Å². The number of thioether (sulfide) groups is 1. The first-order chi connectivity index (χ1) is 11.7. The van der Waals surface area contributed by atoms with Crippen LogP contribution in [0.2, 0.25) is 0 Å². The fourth-order valence-electron chi connectivity index (χ4n) is 2.85. The summed E-state index contributed by atoms with van der Waals surface area (Å²) in [5.41, 5.74) is 0.609. The summed E-state index contributed by atoms with van der Waals surface area (Å²) in [6.45, 7) is 1.89. The van der Waals surface area contributed by atoms with Gasteiger partial charge in [0.05, 0.1) is 12.8 Å². The summed E-state index contributed by atoms with van der Waals surface area (Å²) in [5, 5.41) is 3.15. The smallest absolute Gasteiger partial charge is 0.262 e. The summed E-state index contributed by atoms with van der Waals surface area (Å²) in [4.78, 5) is 30.7. The number of hydrogen-bond acceptors (Lipinski definition) is 5. The number of likely N-dealkylation sites (tertiary alicyclic amines) is 1. The quantitative estimate of drug-likeness (QED) is 0.906. The number of carbonyl (C=O) groups excluding carboxylic acids is 2. The summed E-state index contributed by atoms with van der Waals surface area (Å²) in [6.07, 6.45) is 3.61. The topological polar surface area (TPSA) is 71.0 Å². The molecule has 24 heavy (non-hydrogen) atoms. The first kappa shape index (κ1) is 16.8. The van der Waals surface area contributed by atoms with Gasteiger partial charge in [-0.1, -0.05) is 23.9 Å². The second-order valence-corrected chi connectivity index (χ2v) is 7.01. The third-order valence-electron chi connectivity index (χ3n) is 4.11. The molecule has 7 heteroatoms. The number of methoxy groups -OCH3 is 1. The minimum absolute atomic E-state index is 0.113. The maximum atomic E-state index is 12.3. The number of aliphatic imine (C=N–C) groups is 1. The minimum atomic E-state index is -0.434. The number of anilines is 1. The monoisotopic (exact) mass is 347 g/mol. The molecule has 1 saturated heterocycles. The minimum Gasteiger partial charge on any atom is -0.495 e. The fourth-order valence-corrected chi connectivity index (χ4v) is 3.96. The Kier molecular flexibility index (Phi) is 5.40. The highest BCUT2D eigenvalue weighted by Gasteiger charge is 2.33. The third-order valence-corrected chi connectivity index (χ3v) is 5.32. The Morgan fingerprint density at radius 1 is 1.33 bits per heavy atom. The largest absolute Gasteiger partial charge is 0.495 e. The van der Waals surface area contributed by atoms with E-state index in [2.05, 4.69) is 15.2 Å². The van der Waals surface area contributed by atoms with Gasteiger partial charge in [-0.25, -0.2) is 0 Å². The highest BCUT2D eigenvalue weighted by atomic mass is 32.2. The molecule has 2 aliphatic rings. The molecule has 2 heterocycles. The zero-order valence-corrected chi connectivity index (χ0v) is 14.5. The third kappa shape index (κ3) is 3.90. The Hall–Kier alpha value is -2.02. The van der Waals surface area contributed by atoms with Gasteiger partial charge in [0.25, 0.3) is 5.91 Å². The molecule has 0 saturated carbocycles. The number of nitrogens with zero attached hydrogens (tertiary/aromatic N) is 2. The second-order valence-electron chi connectivity index (χ2n) is 5.84. The number of hydrogen-bond donors (Lipinski definition) is 1. The fraction of sp³-hybridized carbons (Fsp3) is 0.471. The van der Waals surface area contributed by atoms with Crippen molar-refractivity contribution >= 4 is 34.4 Å². The van der Waals surface area contributed by atoms with Crippen LogP contribution in [0.25, 0.3) is 0 Å². The van der Waals surface area contributed by atoms with Crippen LogP contribution < -0.4 is 10.1 Å². The lowest BCUT2D eigenvalue weighted by Gasteiger charge is -2.27. The number of rotatable bonds is 4. The van der Waals surface area contributed by atoms with Gasteiger partial charge in [-0.05, 0) is 31.4 Å². The Morgan fingerprint density at radius 2 is 2.08 bits per heavy atom. The molecular weight excluding hydrogens is 326 g/mol. The van der Waals surface area contributed by atoms with Crippen molar-refractivity contribution < 1.29 is 14.3 Å². The molecule has 2 amide bonds. The van der Waals surface area contributed by atoms with E-state index < -0.39 is 5.25 Å². The molecule has 1 atom stereocenters. The molecule has 0 aromatic heterocycles. The highest BCUT2D eigenvalue weighted by Crippen LogP contribution is 2.30. The summed E-state index contributed by atoms with van der Waals surface area (Å²) >= 11 is 1.41. The summed E-state index contributed by atoms with van der Waals surface area (Å²) in [6, 6.07) is 7.22. The van der Waals surface area contributed by atoms with Gasteiger partial charge in [0.2, 0.25) is 5.91 Å². The number of amides is 2. The maximum Gasteiger partial charge on any atom is 0.262 e. The van der Waals surface area contributed by atoms with Crippen LogP contribution in [0.15, 0.2) is 29.3 Å². The molecule has 0 radical (unpaired) electrons. The van der Waals surface area contributed by atoms with Crippen LogP contribution in [0.3, 0.4) is 0 Å². The number of ether oxygens (including phenoxy) is 1. The molecule has 1 N–H and O–H groups in total. The van der Waals surface area contributed by atoms with Crippen molar-refractivity contribution in [3.05, 3.63) is 24.3 Å². The van der Waals surface area contributed by atoms with E-state index in [0.717, 1.165) is 31.1 Å². The molecule has 2 aliphatic heterocycles. The van der Waals surface area contributed by atoms with Crippen LogP contribution in [-0.2, 0) is 9.59 Å². The van der Waals surface area contributed by atoms with Crippen molar-refractivity contribution in [2.24, 2.45) is 4.99 Å². The van der Waals surface area contributed by atoms with Crippen molar-refractivity contribution in [2.75, 3.05) is 25.5 Å². The predicted molar refractivity (Wildman–Crippen MR) is 95.5 cm³/mol. The summed E-state index contributed by atoms with van der Waals surface area (Å²) < 4.78 is 5.22. The van der Waals surface area contributed by atoms with E-state index in [1.165, 1.54) is 18.2 Å². The number of benzene rings is 1. The van der Waals surface area contributed by atoms with Crippen molar-refractivity contribution in [3.63, 3.8) is 0 Å². The summed E-state index contributed by atoms with van der Waals surface area (Å²) in [5.74, 6) is 0.178. The van der Waals surface area contributed by atoms with E-state index >= 15 is 0 Å². The lowest BCUT2D eigenvalue weighted by atomic mass is 10.1. The zero-order chi connectivity index (χ0) is 16.9. The zero-order valence-electron chi connectivity index (χ0n) is 13.7. The van der Waals surface area contributed by atoms with Crippen LogP contribution >= 0.6 is 11.8 Å². The van der Waals surface area contributed by atoms with Crippen molar-refractivity contribution in [3.8, 4) is 5.75 Å². The number of para-hydroxylation sites is 2. The average molecular weight is 347 g/mol. The van der Waals surface area contributed by atoms with Crippen LogP contribution in [0, 0.1) is 0 Å². The Labute approximate surface area is 145 Å². The SMILES string of the molecule is COc1ccccc1NC(=O)C[C@@H]1SC(N2CCCCC2)=NC1=O. The van der Waals surface area contributed by atoms with Gasteiger partial charge >= 0.3 is 0 Å². The van der Waals surface area contributed by atoms with Gasteiger partial charge in [-0.15, -0.1) is 0 Å². The average Bonchev–Trinajstić information content (AvgIpc) is 2.97. The van der Waals surface area contributed by atoms with E-state index in [-0.39, 0.29) is 18.2 Å². The van der Waals surface area contributed by atoms with Crippen LogP contribution in [-0.4, -0.2) is 47.3 Å². The van der Waals surface area contributed by atoms with Gasteiger partial charge in [0.1, 0.15) is 11.0 Å². The number of nitrogens with one attached hydrogen (secondary N) is 1. The van der Waals surface area contributed by atoms with Gasteiger partial charge in [0.15, 0.2) is 5.17 Å². The summed E-state index contributed by atoms with van der Waals surface area (Å²) in [7, 11) is 1.56. The molecule has 0 aliphatic carbocycles. The van der Waals surface area contributed by atoms with Gasteiger partial charge < -0.3 is 15.0 Å². The molecule has 1 aromatic carbocycles. The molecule has 128 valence electrons. The van der Waals surface area contributed by atoms with Crippen LogP contribution in [0.5, 0.6) is 5.75 Å². The van der Waals surface area contributed by atoms with E-state index in [9.17, 15) is 9.59 Å². The van der Waals surface area contributed by atoms with Gasteiger partial charge in [-0.2, -0.15) is 4.99 Å². The first-order valence-electron chi connectivity index (χ1n) is 8.14. The Bertz CT molecular complexity index is 656. The van der Waals surface area contributed by atoms with Crippen molar-refractivity contribution in [1.29, 1.82) is 0 Å². The van der Waals surface area contributed by atoms with Crippen LogP contribution in [0.4, 0.5) is 5.69 Å². The number of carbonyl (C=O) groups is 2.